The van der Waals surface area contributed by atoms with E-state index in [1.54, 1.807) is 18.3 Å². The first-order valence-electron chi connectivity index (χ1n) is 5.17. The molecule has 1 aromatic heterocycles. The van der Waals surface area contributed by atoms with Crippen molar-refractivity contribution in [1.82, 2.24) is 9.78 Å². The average Bonchev–Trinajstić information content (AvgIpc) is 2.72. The summed E-state index contributed by atoms with van der Waals surface area (Å²) in [6, 6.07) is 6.54. The van der Waals surface area contributed by atoms with Crippen LogP contribution in [0.3, 0.4) is 0 Å². The topological polar surface area (TPSA) is 52.0 Å². The van der Waals surface area contributed by atoms with Crippen LogP contribution in [0.15, 0.2) is 46.0 Å². The highest BCUT2D eigenvalue weighted by Gasteiger charge is 2.08. The predicted molar refractivity (Wildman–Crippen MR) is 73.1 cm³/mol. The first-order valence-corrected chi connectivity index (χ1v) is 8.27. The Morgan fingerprint density at radius 2 is 1.94 bits per heavy atom. The number of halogens is 2. The van der Waals surface area contributed by atoms with Crippen LogP contribution in [0.1, 0.15) is 5.56 Å². The molecule has 0 radical (unpaired) electrons. The van der Waals surface area contributed by atoms with Crippen LogP contribution < -0.4 is 0 Å². The van der Waals surface area contributed by atoms with E-state index in [0.29, 0.717) is 0 Å². The summed E-state index contributed by atoms with van der Waals surface area (Å²) in [7, 11) is 1.60. The van der Waals surface area contributed by atoms with Gasteiger partial charge in [-0.2, -0.15) is 5.10 Å². The minimum absolute atomic E-state index is 0.120. The zero-order valence-corrected chi connectivity index (χ0v) is 12.4. The minimum Gasteiger partial charge on any atom is -0.271 e. The van der Waals surface area contributed by atoms with E-state index in [-0.39, 0.29) is 4.90 Å². The van der Waals surface area contributed by atoms with Gasteiger partial charge in [-0.05, 0) is 40.0 Å². The van der Waals surface area contributed by atoms with Crippen LogP contribution in [0.4, 0.5) is 0 Å². The van der Waals surface area contributed by atoms with E-state index in [4.69, 9.17) is 10.7 Å². The summed E-state index contributed by atoms with van der Waals surface area (Å²) in [5, 5.41) is 4.14. The molecular formula is C11H10BrClN2O2S. The molecule has 0 atom stereocenters. The van der Waals surface area contributed by atoms with Gasteiger partial charge in [0.25, 0.3) is 9.05 Å². The number of benzene rings is 1. The van der Waals surface area contributed by atoms with E-state index in [2.05, 4.69) is 21.0 Å². The molecule has 0 N–H and O–H groups in total. The summed E-state index contributed by atoms with van der Waals surface area (Å²) in [5.74, 6) is 0. The van der Waals surface area contributed by atoms with Crippen molar-refractivity contribution in [2.45, 2.75) is 17.9 Å². The summed E-state index contributed by atoms with van der Waals surface area (Å²) in [4.78, 5) is 0.120. The molecule has 1 heterocycles. The van der Waals surface area contributed by atoms with Gasteiger partial charge in [-0.25, -0.2) is 8.42 Å². The van der Waals surface area contributed by atoms with Gasteiger partial charge >= 0.3 is 0 Å². The second kappa shape index (κ2) is 5.42. The second-order valence-corrected chi connectivity index (χ2v) is 7.24. The molecule has 2 aromatic rings. The first kappa shape index (κ1) is 13.6. The number of nitrogens with zero attached hydrogens (tertiary/aromatic N) is 2. The maximum atomic E-state index is 11.1. The Hall–Kier alpha value is -0.850. The van der Waals surface area contributed by atoms with Crippen LogP contribution >= 0.6 is 26.6 Å². The summed E-state index contributed by atoms with van der Waals surface area (Å²) >= 11 is 3.33. The van der Waals surface area contributed by atoms with Crippen LogP contribution in [-0.4, -0.2) is 18.2 Å². The molecule has 2 rings (SSSR count). The lowest BCUT2D eigenvalue weighted by atomic mass is 10.1. The molecule has 0 saturated heterocycles. The number of aryl methyl sites for hydroxylation is 2. The lowest BCUT2D eigenvalue weighted by Crippen LogP contribution is -2.01. The average molecular weight is 350 g/mol. The molecule has 0 aliphatic carbocycles. The van der Waals surface area contributed by atoms with E-state index < -0.39 is 9.05 Å². The van der Waals surface area contributed by atoms with Crippen molar-refractivity contribution in [3.8, 4) is 0 Å². The number of aromatic nitrogens is 2. The molecule has 0 bridgehead atoms. The molecule has 1 aromatic carbocycles. The molecule has 0 amide bonds. The van der Waals surface area contributed by atoms with Crippen molar-refractivity contribution in [1.29, 1.82) is 0 Å². The van der Waals surface area contributed by atoms with Crippen molar-refractivity contribution in [2.75, 3.05) is 0 Å². The molecule has 0 spiro atoms. The van der Waals surface area contributed by atoms with E-state index >= 15 is 0 Å². The fourth-order valence-corrected chi connectivity index (χ4v) is 2.62. The second-order valence-electron chi connectivity index (χ2n) is 3.75. The molecule has 0 fully saturated rings. The number of hydrogen-bond donors (Lipinski definition) is 0. The van der Waals surface area contributed by atoms with Gasteiger partial charge < -0.3 is 0 Å². The smallest absolute Gasteiger partial charge is 0.261 e. The molecule has 0 saturated carbocycles. The fraction of sp³-hybridized carbons (Fsp3) is 0.182. The summed E-state index contributed by atoms with van der Waals surface area (Å²) < 4.78 is 24.9. The third-order valence-corrected chi connectivity index (χ3v) is 4.22. The molecule has 7 heteroatoms. The van der Waals surface area contributed by atoms with Crippen molar-refractivity contribution in [2.24, 2.45) is 0 Å². The highest BCUT2D eigenvalue weighted by Crippen LogP contribution is 2.16. The van der Waals surface area contributed by atoms with E-state index in [1.807, 2.05) is 10.9 Å². The largest absolute Gasteiger partial charge is 0.271 e. The summed E-state index contributed by atoms with van der Waals surface area (Å²) in [6.07, 6.45) is 4.39. The zero-order chi connectivity index (χ0) is 13.2. The predicted octanol–water partition coefficient (Wildman–Crippen LogP) is 2.82. The Bertz CT molecular complexity index is 637. The zero-order valence-electron chi connectivity index (χ0n) is 9.25. The third kappa shape index (κ3) is 3.57. The van der Waals surface area contributed by atoms with Gasteiger partial charge in [0.05, 0.1) is 15.6 Å². The van der Waals surface area contributed by atoms with Gasteiger partial charge in [-0.15, -0.1) is 0 Å². The third-order valence-electron chi connectivity index (χ3n) is 2.44. The maximum Gasteiger partial charge on any atom is 0.261 e. The van der Waals surface area contributed by atoms with Gasteiger partial charge in [0, 0.05) is 23.4 Å². The maximum absolute atomic E-state index is 11.1. The highest BCUT2D eigenvalue weighted by molar-refractivity contribution is 9.10. The lowest BCUT2D eigenvalue weighted by Gasteiger charge is -2.03. The van der Waals surface area contributed by atoms with Crippen LogP contribution in [0, 0.1) is 0 Å². The lowest BCUT2D eigenvalue weighted by molar-refractivity contribution is 0.608. The number of rotatable bonds is 4. The Kier molecular flexibility index (Phi) is 4.09. The van der Waals surface area contributed by atoms with Crippen molar-refractivity contribution in [3.63, 3.8) is 0 Å². The molecule has 18 heavy (non-hydrogen) atoms. The monoisotopic (exact) mass is 348 g/mol. The fourth-order valence-electron chi connectivity index (χ4n) is 1.52. The standard InChI is InChI=1S/C11H10BrClN2O2S/c12-10-7-14-15(8-10)6-5-9-1-3-11(4-2-9)18(13,16)17/h1-4,7-8H,5-6H2. The van der Waals surface area contributed by atoms with Crippen LogP contribution in [0.25, 0.3) is 0 Å². The Balaban J connectivity index is 2.03. The van der Waals surface area contributed by atoms with Crippen molar-refractivity contribution in [3.05, 3.63) is 46.7 Å². The summed E-state index contributed by atoms with van der Waals surface area (Å²) in [5.41, 5.74) is 1.03. The van der Waals surface area contributed by atoms with Crippen LogP contribution in [0.2, 0.25) is 0 Å². The van der Waals surface area contributed by atoms with E-state index in [1.165, 1.54) is 12.1 Å². The van der Waals surface area contributed by atoms with Crippen LogP contribution in [0.5, 0.6) is 0 Å². The minimum atomic E-state index is -3.63. The Morgan fingerprint density at radius 3 is 2.44 bits per heavy atom. The van der Waals surface area contributed by atoms with Gasteiger partial charge in [-0.3, -0.25) is 4.68 Å². The van der Waals surface area contributed by atoms with Crippen molar-refractivity contribution >= 4 is 35.7 Å². The van der Waals surface area contributed by atoms with Gasteiger partial charge in [0.1, 0.15) is 0 Å². The SMILES string of the molecule is O=S(=O)(Cl)c1ccc(CCn2cc(Br)cn2)cc1. The van der Waals surface area contributed by atoms with Gasteiger partial charge in [0.2, 0.25) is 0 Å². The molecule has 4 nitrogen and oxygen atoms in total. The van der Waals surface area contributed by atoms with E-state index in [0.717, 1.165) is 23.0 Å². The number of hydrogen-bond acceptors (Lipinski definition) is 3. The quantitative estimate of drug-likeness (QED) is 0.798. The molecule has 0 aliphatic rings. The summed E-state index contributed by atoms with van der Waals surface area (Å²) in [6.45, 7) is 0.735. The molecule has 0 aliphatic heterocycles. The van der Waals surface area contributed by atoms with Crippen LogP contribution in [-0.2, 0) is 22.0 Å². The molecule has 0 unspecified atom stereocenters. The Labute approximate surface area is 118 Å². The highest BCUT2D eigenvalue weighted by atomic mass is 79.9. The van der Waals surface area contributed by atoms with Gasteiger partial charge in [0.15, 0.2) is 0 Å². The van der Waals surface area contributed by atoms with Gasteiger partial charge in [-0.1, -0.05) is 12.1 Å². The van der Waals surface area contributed by atoms with Crippen molar-refractivity contribution < 1.29 is 8.42 Å². The first-order chi connectivity index (χ1) is 8.45. The molecular weight excluding hydrogens is 340 g/mol. The molecule has 96 valence electrons. The van der Waals surface area contributed by atoms with E-state index in [9.17, 15) is 8.42 Å². The Morgan fingerprint density at radius 1 is 1.28 bits per heavy atom. The normalized spacial score (nSPS) is 11.7.